The van der Waals surface area contributed by atoms with Gasteiger partial charge in [0.15, 0.2) is 0 Å². The van der Waals surface area contributed by atoms with E-state index in [4.69, 9.17) is 9.84 Å². The highest BCUT2D eigenvalue weighted by Gasteiger charge is 2.15. The maximum absolute atomic E-state index is 11.5. The maximum atomic E-state index is 11.5. The SMILES string of the molecule is CC(C)CC(CNC(=O)NCCOC(C)C)CC(=O)O. The molecule has 6 heteroatoms. The Labute approximate surface area is 121 Å². The molecular formula is C14H28N2O4. The van der Waals surface area contributed by atoms with E-state index in [0.29, 0.717) is 25.6 Å². The van der Waals surface area contributed by atoms with Crippen LogP contribution in [0.5, 0.6) is 0 Å². The highest BCUT2D eigenvalue weighted by Crippen LogP contribution is 2.14. The molecule has 6 nitrogen and oxygen atoms in total. The average Bonchev–Trinajstić information content (AvgIpc) is 2.30. The molecule has 3 N–H and O–H groups in total. The first-order valence-corrected chi connectivity index (χ1v) is 7.16. The first-order valence-electron chi connectivity index (χ1n) is 7.16. The van der Waals surface area contributed by atoms with Crippen LogP contribution in [0.15, 0.2) is 0 Å². The lowest BCUT2D eigenvalue weighted by atomic mass is 9.94. The van der Waals surface area contributed by atoms with Crippen molar-refractivity contribution in [3.63, 3.8) is 0 Å². The smallest absolute Gasteiger partial charge is 0.314 e. The molecule has 118 valence electrons. The monoisotopic (exact) mass is 288 g/mol. The predicted molar refractivity (Wildman–Crippen MR) is 77.7 cm³/mol. The van der Waals surface area contributed by atoms with Gasteiger partial charge in [0.25, 0.3) is 0 Å². The van der Waals surface area contributed by atoms with E-state index in [0.717, 1.165) is 6.42 Å². The Balaban J connectivity index is 3.89. The average molecular weight is 288 g/mol. The standard InChI is InChI=1S/C14H28N2O4/c1-10(2)7-12(8-13(17)18)9-16-14(19)15-5-6-20-11(3)4/h10-12H,5-9H2,1-4H3,(H,17,18)(H2,15,16,19). The zero-order valence-electron chi connectivity index (χ0n) is 12.9. The van der Waals surface area contributed by atoms with Crippen molar-refractivity contribution in [2.24, 2.45) is 11.8 Å². The Kier molecular flexibility index (Phi) is 9.80. The summed E-state index contributed by atoms with van der Waals surface area (Å²) in [6.07, 6.45) is 1.00. The number of carboxylic acid groups (broad SMARTS) is 1. The molecule has 0 saturated heterocycles. The number of carbonyl (C=O) groups is 2. The fraction of sp³-hybridized carbons (Fsp3) is 0.857. The van der Waals surface area contributed by atoms with Crippen LogP contribution < -0.4 is 10.6 Å². The molecule has 0 aromatic carbocycles. The fourth-order valence-corrected chi connectivity index (χ4v) is 1.91. The highest BCUT2D eigenvalue weighted by molar-refractivity contribution is 5.74. The summed E-state index contributed by atoms with van der Waals surface area (Å²) in [5.41, 5.74) is 0. The van der Waals surface area contributed by atoms with Gasteiger partial charge in [0, 0.05) is 19.5 Å². The molecule has 0 heterocycles. The van der Waals surface area contributed by atoms with Crippen molar-refractivity contribution >= 4 is 12.0 Å². The van der Waals surface area contributed by atoms with Crippen LogP contribution in [0.3, 0.4) is 0 Å². The second-order valence-corrected chi connectivity index (χ2v) is 5.65. The summed E-state index contributed by atoms with van der Waals surface area (Å²) in [4.78, 5) is 22.3. The van der Waals surface area contributed by atoms with Crippen LogP contribution in [0.25, 0.3) is 0 Å². The molecule has 0 bridgehead atoms. The number of urea groups is 1. The second-order valence-electron chi connectivity index (χ2n) is 5.65. The molecule has 0 spiro atoms. The maximum Gasteiger partial charge on any atom is 0.314 e. The molecule has 1 atom stereocenters. The number of ether oxygens (including phenoxy) is 1. The summed E-state index contributed by atoms with van der Waals surface area (Å²) in [6, 6.07) is -0.281. The molecule has 0 aromatic rings. The summed E-state index contributed by atoms with van der Waals surface area (Å²) in [6.45, 7) is 9.23. The Morgan fingerprint density at radius 2 is 1.80 bits per heavy atom. The van der Waals surface area contributed by atoms with Crippen LogP contribution in [-0.2, 0) is 9.53 Å². The van der Waals surface area contributed by atoms with Crippen molar-refractivity contribution < 1.29 is 19.4 Å². The van der Waals surface area contributed by atoms with Crippen molar-refractivity contribution in [3.05, 3.63) is 0 Å². The van der Waals surface area contributed by atoms with E-state index in [1.54, 1.807) is 0 Å². The number of hydrogen-bond donors (Lipinski definition) is 3. The van der Waals surface area contributed by atoms with E-state index in [9.17, 15) is 9.59 Å². The van der Waals surface area contributed by atoms with Gasteiger partial charge in [-0.1, -0.05) is 13.8 Å². The van der Waals surface area contributed by atoms with Gasteiger partial charge in [-0.05, 0) is 32.1 Å². The number of rotatable bonds is 10. The number of carbonyl (C=O) groups excluding carboxylic acids is 1. The summed E-state index contributed by atoms with van der Waals surface area (Å²) in [5.74, 6) is -0.461. The van der Waals surface area contributed by atoms with Crippen LogP contribution in [0.4, 0.5) is 4.79 Å². The largest absolute Gasteiger partial charge is 0.481 e. The Morgan fingerprint density at radius 3 is 2.30 bits per heavy atom. The van der Waals surface area contributed by atoms with Crippen molar-refractivity contribution in [1.29, 1.82) is 0 Å². The topological polar surface area (TPSA) is 87.7 Å². The summed E-state index contributed by atoms with van der Waals surface area (Å²) < 4.78 is 5.30. The molecule has 0 rings (SSSR count). The Morgan fingerprint density at radius 1 is 1.15 bits per heavy atom. The summed E-state index contributed by atoms with van der Waals surface area (Å²) in [5, 5.41) is 14.2. The van der Waals surface area contributed by atoms with E-state index < -0.39 is 5.97 Å². The van der Waals surface area contributed by atoms with Crippen LogP contribution in [0.2, 0.25) is 0 Å². The highest BCUT2D eigenvalue weighted by atomic mass is 16.5. The Bertz CT molecular complexity index is 293. The Hall–Kier alpha value is -1.30. The van der Waals surface area contributed by atoms with E-state index in [2.05, 4.69) is 10.6 Å². The first kappa shape index (κ1) is 18.7. The minimum absolute atomic E-state index is 0.0369. The lowest BCUT2D eigenvalue weighted by molar-refractivity contribution is -0.138. The van der Waals surface area contributed by atoms with Gasteiger partial charge in [-0.3, -0.25) is 4.79 Å². The predicted octanol–water partition coefficient (Wildman–Crippen LogP) is 1.85. The van der Waals surface area contributed by atoms with Gasteiger partial charge in [-0.2, -0.15) is 0 Å². The molecule has 0 fully saturated rings. The number of hydrogen-bond acceptors (Lipinski definition) is 3. The van der Waals surface area contributed by atoms with Crippen LogP contribution >= 0.6 is 0 Å². The van der Waals surface area contributed by atoms with E-state index in [1.807, 2.05) is 27.7 Å². The number of amides is 2. The summed E-state index contributed by atoms with van der Waals surface area (Å²) >= 11 is 0. The quantitative estimate of drug-likeness (QED) is 0.535. The van der Waals surface area contributed by atoms with Gasteiger partial charge >= 0.3 is 12.0 Å². The van der Waals surface area contributed by atoms with E-state index in [1.165, 1.54) is 0 Å². The van der Waals surface area contributed by atoms with E-state index in [-0.39, 0.29) is 24.5 Å². The van der Waals surface area contributed by atoms with Crippen LogP contribution in [0, 0.1) is 11.8 Å². The zero-order chi connectivity index (χ0) is 15.5. The second kappa shape index (κ2) is 10.5. The third-order valence-electron chi connectivity index (χ3n) is 2.66. The molecule has 0 aliphatic rings. The molecule has 0 aliphatic heterocycles. The zero-order valence-corrected chi connectivity index (χ0v) is 12.9. The minimum Gasteiger partial charge on any atom is -0.481 e. The molecule has 1 unspecified atom stereocenters. The molecule has 0 aliphatic carbocycles. The molecular weight excluding hydrogens is 260 g/mol. The van der Waals surface area contributed by atoms with Crippen LogP contribution in [-0.4, -0.2) is 42.9 Å². The normalized spacial score (nSPS) is 12.5. The van der Waals surface area contributed by atoms with Gasteiger partial charge in [0.1, 0.15) is 0 Å². The lowest BCUT2D eigenvalue weighted by Gasteiger charge is -2.18. The van der Waals surface area contributed by atoms with Gasteiger partial charge in [0.2, 0.25) is 0 Å². The molecule has 2 amide bonds. The van der Waals surface area contributed by atoms with Crippen LogP contribution in [0.1, 0.15) is 40.5 Å². The van der Waals surface area contributed by atoms with Crippen molar-refractivity contribution in [1.82, 2.24) is 10.6 Å². The number of carboxylic acids is 1. The van der Waals surface area contributed by atoms with Crippen molar-refractivity contribution in [2.75, 3.05) is 19.7 Å². The fourth-order valence-electron chi connectivity index (χ4n) is 1.91. The third-order valence-corrected chi connectivity index (χ3v) is 2.66. The number of aliphatic carboxylic acids is 1. The van der Waals surface area contributed by atoms with Gasteiger partial charge in [-0.25, -0.2) is 4.79 Å². The van der Waals surface area contributed by atoms with Gasteiger partial charge in [0.05, 0.1) is 12.7 Å². The first-order chi connectivity index (χ1) is 9.31. The minimum atomic E-state index is -0.830. The lowest BCUT2D eigenvalue weighted by Crippen LogP contribution is -2.40. The molecule has 0 radical (unpaired) electrons. The third kappa shape index (κ3) is 11.8. The number of nitrogens with one attached hydrogen (secondary N) is 2. The van der Waals surface area contributed by atoms with Gasteiger partial charge in [-0.15, -0.1) is 0 Å². The van der Waals surface area contributed by atoms with Crippen molar-refractivity contribution in [3.8, 4) is 0 Å². The molecule has 0 saturated carbocycles. The van der Waals surface area contributed by atoms with Crippen molar-refractivity contribution in [2.45, 2.75) is 46.6 Å². The molecule has 20 heavy (non-hydrogen) atoms. The molecule has 0 aromatic heterocycles. The van der Waals surface area contributed by atoms with Gasteiger partial charge < -0.3 is 20.5 Å². The van der Waals surface area contributed by atoms with E-state index >= 15 is 0 Å². The summed E-state index contributed by atoms with van der Waals surface area (Å²) in [7, 11) is 0.